The monoisotopic (exact) mass is 565 g/mol. The first-order valence-corrected chi connectivity index (χ1v) is 13.1. The number of hydrogen-bond acceptors (Lipinski definition) is 7. The van der Waals surface area contributed by atoms with Gasteiger partial charge in [0, 0.05) is 47.8 Å². The molecular weight excluding hydrogens is 539 g/mol. The quantitative estimate of drug-likeness (QED) is 0.350. The lowest BCUT2D eigenvalue weighted by Crippen LogP contribution is -2.41. The van der Waals surface area contributed by atoms with Crippen LogP contribution >= 0.6 is 0 Å². The number of ether oxygens (including phenoxy) is 1. The minimum Gasteiger partial charge on any atom is -0.496 e. The molecule has 13 heteroatoms. The zero-order valence-corrected chi connectivity index (χ0v) is 22.0. The van der Waals surface area contributed by atoms with Crippen LogP contribution in [0.5, 0.6) is 5.75 Å². The van der Waals surface area contributed by atoms with Crippen LogP contribution in [-0.4, -0.2) is 55.8 Å². The molecule has 3 N–H and O–H groups in total. The Kier molecular flexibility index (Phi) is 6.72. The van der Waals surface area contributed by atoms with Crippen LogP contribution in [0.2, 0.25) is 0 Å². The van der Waals surface area contributed by atoms with E-state index in [9.17, 15) is 18.4 Å². The van der Waals surface area contributed by atoms with Crippen LogP contribution in [0.1, 0.15) is 59.8 Å². The zero-order valence-electron chi connectivity index (χ0n) is 22.0. The molecule has 1 aromatic carbocycles. The maximum Gasteiger partial charge on any atom is 0.264 e. The number of rotatable bonds is 6. The number of halogens is 3. The third kappa shape index (κ3) is 4.70. The number of carbonyl (C=O) groups excluding carboxylic acids is 2. The standard InChI is InChI=1S/C28H26F3N7O3/c1-41-19-10-15(28(40)35-21-11-14(25(30)31)8-9-33-21)3-6-18(19)23-24-26(32)34-12-20(29)38(24)27(36-23)16-2-4-17-5-7-22(39)37(17)13-16/h3,6,8-12,16-17,25H,2,4-5,7,13H2,1H3,(H2,32,34)(H,33,35,40)/t16-,17+/m1/s1. The molecule has 0 aliphatic carbocycles. The molecule has 0 spiro atoms. The van der Waals surface area contributed by atoms with Crippen LogP contribution in [0, 0.1) is 5.95 Å². The largest absolute Gasteiger partial charge is 0.496 e. The van der Waals surface area contributed by atoms with E-state index in [1.54, 1.807) is 6.07 Å². The number of nitrogen functional groups attached to an aromatic ring is 1. The number of benzene rings is 1. The van der Waals surface area contributed by atoms with Crippen molar-refractivity contribution in [3.63, 3.8) is 0 Å². The first kappa shape index (κ1) is 26.5. The van der Waals surface area contributed by atoms with E-state index in [0.717, 1.165) is 31.5 Å². The second-order valence-corrected chi connectivity index (χ2v) is 10.1. The number of methoxy groups -OCH3 is 1. The number of imidazole rings is 1. The number of pyridine rings is 1. The van der Waals surface area contributed by atoms with Gasteiger partial charge in [0.15, 0.2) is 0 Å². The number of hydrogen-bond donors (Lipinski definition) is 2. The van der Waals surface area contributed by atoms with E-state index in [1.165, 1.54) is 35.9 Å². The van der Waals surface area contributed by atoms with Crippen LogP contribution in [-0.2, 0) is 4.79 Å². The van der Waals surface area contributed by atoms with Crippen molar-refractivity contribution >= 4 is 29.0 Å². The van der Waals surface area contributed by atoms with Gasteiger partial charge in [0.1, 0.15) is 34.4 Å². The lowest BCUT2D eigenvalue weighted by atomic mass is 9.92. The fourth-order valence-electron chi connectivity index (χ4n) is 5.74. The van der Waals surface area contributed by atoms with Gasteiger partial charge in [-0.15, -0.1) is 0 Å². The number of anilines is 2. The number of carbonyl (C=O) groups is 2. The molecule has 2 atom stereocenters. The Balaban J connectivity index is 1.38. The van der Waals surface area contributed by atoms with E-state index in [2.05, 4.69) is 15.3 Å². The first-order chi connectivity index (χ1) is 19.7. The summed E-state index contributed by atoms with van der Waals surface area (Å²) in [6, 6.07) is 7.02. The summed E-state index contributed by atoms with van der Waals surface area (Å²) in [7, 11) is 1.41. The minimum absolute atomic E-state index is 0.0268. The van der Waals surface area contributed by atoms with Crippen molar-refractivity contribution in [2.24, 2.45) is 0 Å². The lowest BCUT2D eigenvalue weighted by Gasteiger charge is -2.34. The summed E-state index contributed by atoms with van der Waals surface area (Å²) in [6.07, 6.45) is 2.38. The maximum atomic E-state index is 15.3. The first-order valence-electron chi connectivity index (χ1n) is 13.1. The number of nitrogens with one attached hydrogen (secondary N) is 1. The number of piperidine rings is 1. The number of aromatic nitrogens is 4. The Morgan fingerprint density at radius 1 is 1.17 bits per heavy atom. The molecule has 0 unspecified atom stereocenters. The number of alkyl halides is 2. The SMILES string of the molecule is COc1cc(C(=O)Nc2cc(C(F)F)ccn2)ccc1-c1nc([C@@H]2CC[C@H]3CCC(=O)N3C2)n2c(F)cnc(N)c12. The number of nitrogens with two attached hydrogens (primary N) is 1. The minimum atomic E-state index is -2.71. The Morgan fingerprint density at radius 3 is 2.78 bits per heavy atom. The molecule has 4 aromatic rings. The van der Waals surface area contributed by atoms with Gasteiger partial charge >= 0.3 is 0 Å². The van der Waals surface area contributed by atoms with E-state index >= 15 is 4.39 Å². The average Bonchev–Trinajstić information content (AvgIpc) is 3.56. The third-order valence-electron chi connectivity index (χ3n) is 7.75. The fourth-order valence-corrected chi connectivity index (χ4v) is 5.74. The topological polar surface area (TPSA) is 128 Å². The van der Waals surface area contributed by atoms with Gasteiger partial charge in [-0.1, -0.05) is 0 Å². The highest BCUT2D eigenvalue weighted by Crippen LogP contribution is 2.40. The molecule has 2 fully saturated rings. The normalized spacial score (nSPS) is 18.7. The second kappa shape index (κ2) is 10.4. The molecule has 10 nitrogen and oxygen atoms in total. The van der Waals surface area contributed by atoms with Crippen molar-refractivity contribution in [3.05, 3.63) is 65.6 Å². The second-order valence-electron chi connectivity index (χ2n) is 10.1. The average molecular weight is 566 g/mol. The Bertz CT molecular complexity index is 1680. The van der Waals surface area contributed by atoms with E-state index in [0.29, 0.717) is 30.0 Å². The maximum absolute atomic E-state index is 15.3. The molecule has 5 heterocycles. The van der Waals surface area contributed by atoms with Crippen molar-refractivity contribution in [1.82, 2.24) is 24.3 Å². The van der Waals surface area contributed by atoms with Crippen LogP contribution in [0.25, 0.3) is 16.8 Å². The molecule has 0 radical (unpaired) electrons. The van der Waals surface area contributed by atoms with Gasteiger partial charge < -0.3 is 20.7 Å². The summed E-state index contributed by atoms with van der Waals surface area (Å²) >= 11 is 0. The van der Waals surface area contributed by atoms with Crippen molar-refractivity contribution in [2.75, 3.05) is 24.7 Å². The molecule has 2 aliphatic heterocycles. The fraction of sp³-hybridized carbons (Fsp3) is 0.321. The van der Waals surface area contributed by atoms with E-state index in [-0.39, 0.29) is 51.9 Å². The molecule has 0 bridgehead atoms. The Morgan fingerprint density at radius 2 is 2.00 bits per heavy atom. The van der Waals surface area contributed by atoms with Crippen LogP contribution in [0.3, 0.4) is 0 Å². The summed E-state index contributed by atoms with van der Waals surface area (Å²) in [4.78, 5) is 40.0. The van der Waals surface area contributed by atoms with Gasteiger partial charge in [-0.3, -0.25) is 14.0 Å². The van der Waals surface area contributed by atoms with Gasteiger partial charge in [0.05, 0.1) is 13.3 Å². The molecular formula is C28H26F3N7O3. The summed E-state index contributed by atoms with van der Waals surface area (Å²) in [5.41, 5.74) is 7.13. The summed E-state index contributed by atoms with van der Waals surface area (Å²) in [5, 5.41) is 2.51. The highest BCUT2D eigenvalue weighted by molar-refractivity contribution is 6.04. The van der Waals surface area contributed by atoms with Gasteiger partial charge in [-0.05, 0) is 49.6 Å². The Labute approximate surface area is 232 Å². The van der Waals surface area contributed by atoms with Gasteiger partial charge in [-0.2, -0.15) is 4.39 Å². The Hall–Kier alpha value is -4.68. The van der Waals surface area contributed by atoms with E-state index in [4.69, 9.17) is 15.5 Å². The zero-order chi connectivity index (χ0) is 28.8. The smallest absolute Gasteiger partial charge is 0.264 e. The van der Waals surface area contributed by atoms with E-state index < -0.39 is 18.3 Å². The number of amides is 2. The molecule has 41 heavy (non-hydrogen) atoms. The lowest BCUT2D eigenvalue weighted by molar-refractivity contribution is -0.130. The number of nitrogens with zero attached hydrogens (tertiary/aromatic N) is 5. The highest BCUT2D eigenvalue weighted by Gasteiger charge is 2.39. The van der Waals surface area contributed by atoms with Crippen molar-refractivity contribution < 1.29 is 27.5 Å². The predicted octanol–water partition coefficient (Wildman–Crippen LogP) is 4.58. The number of fused-ring (bicyclic) bond motifs is 2. The molecule has 2 saturated heterocycles. The summed E-state index contributed by atoms with van der Waals surface area (Å²) in [5.74, 6) is -0.669. The molecule has 2 amide bonds. The summed E-state index contributed by atoms with van der Waals surface area (Å²) < 4.78 is 48.3. The predicted molar refractivity (Wildman–Crippen MR) is 143 cm³/mol. The van der Waals surface area contributed by atoms with Crippen LogP contribution < -0.4 is 15.8 Å². The molecule has 2 aliphatic rings. The van der Waals surface area contributed by atoms with Gasteiger partial charge in [0.25, 0.3) is 12.3 Å². The van der Waals surface area contributed by atoms with Crippen molar-refractivity contribution in [1.29, 1.82) is 0 Å². The van der Waals surface area contributed by atoms with Crippen LogP contribution in [0.4, 0.5) is 24.8 Å². The van der Waals surface area contributed by atoms with Crippen LogP contribution in [0.15, 0.2) is 42.7 Å². The van der Waals surface area contributed by atoms with E-state index in [1.807, 2.05) is 4.90 Å². The summed E-state index contributed by atoms with van der Waals surface area (Å²) in [6.45, 7) is 0.431. The third-order valence-corrected chi connectivity index (χ3v) is 7.75. The molecule has 3 aromatic heterocycles. The molecule has 212 valence electrons. The molecule has 0 saturated carbocycles. The van der Waals surface area contributed by atoms with Crippen molar-refractivity contribution in [3.8, 4) is 17.0 Å². The molecule has 6 rings (SSSR count). The van der Waals surface area contributed by atoms with Crippen molar-refractivity contribution in [2.45, 2.75) is 44.1 Å². The highest BCUT2D eigenvalue weighted by atomic mass is 19.3. The van der Waals surface area contributed by atoms with Gasteiger partial charge in [0.2, 0.25) is 11.9 Å². The van der Waals surface area contributed by atoms with Gasteiger partial charge in [-0.25, -0.2) is 23.7 Å².